The molecule has 0 aliphatic rings. The zero-order valence-corrected chi connectivity index (χ0v) is 15.3. The lowest BCUT2D eigenvalue weighted by molar-refractivity contribution is -0.141. The van der Waals surface area contributed by atoms with E-state index in [-0.39, 0.29) is 23.4 Å². The first kappa shape index (κ1) is 21.1. The first-order valence-electron chi connectivity index (χ1n) is 8.02. The molecule has 0 amide bonds. The summed E-state index contributed by atoms with van der Waals surface area (Å²) < 4.78 is 48.3. The molecule has 0 aliphatic heterocycles. The molecule has 0 saturated heterocycles. The Kier molecular flexibility index (Phi) is 6.50. The van der Waals surface area contributed by atoms with Crippen molar-refractivity contribution in [1.29, 1.82) is 0 Å². The van der Waals surface area contributed by atoms with E-state index in [0.29, 0.717) is 17.3 Å². The smallest absolute Gasteiger partial charge is 0.434 e. The molecule has 1 heterocycles. The van der Waals surface area contributed by atoms with Crippen molar-refractivity contribution in [3.63, 3.8) is 0 Å². The van der Waals surface area contributed by atoms with Crippen LogP contribution in [0, 0.1) is 6.92 Å². The number of halogens is 3. The summed E-state index contributed by atoms with van der Waals surface area (Å²) >= 11 is 0. The zero-order valence-electron chi connectivity index (χ0n) is 15.3. The fraction of sp³-hybridized carbons (Fsp3) is 0.263. The second-order valence-corrected chi connectivity index (χ2v) is 5.70. The number of ketones is 1. The normalized spacial score (nSPS) is 11.9. The number of methoxy groups -OCH3 is 2. The quantitative estimate of drug-likeness (QED) is 0.323. The van der Waals surface area contributed by atoms with E-state index in [4.69, 9.17) is 9.47 Å². The van der Waals surface area contributed by atoms with Crippen molar-refractivity contribution in [3.05, 3.63) is 64.9 Å². The van der Waals surface area contributed by atoms with Gasteiger partial charge in [-0.1, -0.05) is 24.3 Å². The predicted molar refractivity (Wildman–Crippen MR) is 93.2 cm³/mol. The summed E-state index contributed by atoms with van der Waals surface area (Å²) in [4.78, 5) is 31.7. The third-order valence-electron chi connectivity index (χ3n) is 3.81. The van der Waals surface area contributed by atoms with Crippen LogP contribution >= 0.6 is 0 Å². The molecule has 0 radical (unpaired) electrons. The van der Waals surface area contributed by atoms with Gasteiger partial charge in [-0.3, -0.25) is 9.78 Å². The number of Topliss-reactive ketones (excluding diaryl/α,β-unsaturated/α-hetero) is 1. The molecular formula is C19H17F3N2O4. The molecule has 0 spiro atoms. The molecule has 0 atom stereocenters. The van der Waals surface area contributed by atoms with Crippen LogP contribution in [0.15, 0.2) is 36.7 Å². The third-order valence-corrected chi connectivity index (χ3v) is 3.81. The van der Waals surface area contributed by atoms with Crippen LogP contribution in [0.5, 0.6) is 0 Å². The number of carbonyl (C=O) groups is 2. The molecule has 2 rings (SSSR count). The Morgan fingerprint density at radius 1 is 1.18 bits per heavy atom. The number of esters is 1. The Bertz CT molecular complexity index is 924. The Morgan fingerprint density at radius 3 is 2.46 bits per heavy atom. The number of nitrogens with zero attached hydrogens (tertiary/aromatic N) is 2. The van der Waals surface area contributed by atoms with Crippen LogP contribution in [0.3, 0.4) is 0 Å². The summed E-state index contributed by atoms with van der Waals surface area (Å²) in [6.07, 6.45) is -3.25. The molecule has 0 unspecified atom stereocenters. The largest absolute Gasteiger partial charge is 0.503 e. The second-order valence-electron chi connectivity index (χ2n) is 5.70. The maximum Gasteiger partial charge on any atom is 0.434 e. The lowest BCUT2D eigenvalue weighted by Crippen LogP contribution is -2.17. The van der Waals surface area contributed by atoms with E-state index in [9.17, 15) is 22.8 Å². The standard InChI is InChI=1S/C19H17F3N2O4/c1-11-17(24-16(9-23-11)19(20,21)22)15(25)8-12-6-4-5-7-13(12)14(10-27-2)18(26)28-3/h4-7,9-10H,8H2,1-3H3/b14-10+. The molecule has 9 heteroatoms. The Morgan fingerprint density at radius 2 is 1.86 bits per heavy atom. The summed E-state index contributed by atoms with van der Waals surface area (Å²) in [5.41, 5.74) is -0.706. The highest BCUT2D eigenvalue weighted by Crippen LogP contribution is 2.28. The summed E-state index contributed by atoms with van der Waals surface area (Å²) in [7, 11) is 2.54. The van der Waals surface area contributed by atoms with Crippen LogP contribution in [-0.4, -0.2) is 35.9 Å². The molecule has 1 aromatic heterocycles. The predicted octanol–water partition coefficient (Wildman–Crippen LogP) is 3.39. The van der Waals surface area contributed by atoms with Crippen LogP contribution in [0.2, 0.25) is 0 Å². The first-order valence-corrected chi connectivity index (χ1v) is 8.02. The minimum absolute atomic E-state index is 0.0697. The monoisotopic (exact) mass is 394 g/mol. The Balaban J connectivity index is 2.44. The molecule has 0 aliphatic carbocycles. The summed E-state index contributed by atoms with van der Waals surface area (Å²) in [5, 5.41) is 0. The lowest BCUT2D eigenvalue weighted by atomic mass is 9.95. The van der Waals surface area contributed by atoms with Gasteiger partial charge in [0.15, 0.2) is 11.5 Å². The van der Waals surface area contributed by atoms with Gasteiger partial charge >= 0.3 is 12.1 Å². The minimum Gasteiger partial charge on any atom is -0.503 e. The number of aromatic nitrogens is 2. The van der Waals surface area contributed by atoms with Crippen LogP contribution in [-0.2, 0) is 26.9 Å². The number of hydrogen-bond acceptors (Lipinski definition) is 6. The Labute approximate surface area is 159 Å². The van der Waals surface area contributed by atoms with E-state index in [1.165, 1.54) is 27.4 Å². The number of hydrogen-bond donors (Lipinski definition) is 0. The van der Waals surface area contributed by atoms with E-state index in [0.717, 1.165) is 0 Å². The van der Waals surface area contributed by atoms with Crippen molar-refractivity contribution in [2.24, 2.45) is 0 Å². The van der Waals surface area contributed by atoms with Crippen LogP contribution in [0.4, 0.5) is 13.2 Å². The maximum absolute atomic E-state index is 12.9. The summed E-state index contributed by atoms with van der Waals surface area (Å²) in [6, 6.07) is 6.44. The van der Waals surface area contributed by atoms with E-state index in [1.807, 2.05) is 0 Å². The average molecular weight is 394 g/mol. The van der Waals surface area contributed by atoms with Crippen molar-refractivity contribution in [1.82, 2.24) is 9.97 Å². The molecule has 148 valence electrons. The minimum atomic E-state index is -4.72. The van der Waals surface area contributed by atoms with Gasteiger partial charge in [0.2, 0.25) is 0 Å². The fourth-order valence-electron chi connectivity index (χ4n) is 2.49. The Hall–Kier alpha value is -3.23. The van der Waals surface area contributed by atoms with Gasteiger partial charge in [-0.15, -0.1) is 0 Å². The molecule has 0 saturated carbocycles. The van der Waals surface area contributed by atoms with Gasteiger partial charge in [0, 0.05) is 6.42 Å². The van der Waals surface area contributed by atoms with Gasteiger partial charge in [-0.25, -0.2) is 9.78 Å². The molecule has 1 aromatic carbocycles. The zero-order chi connectivity index (χ0) is 20.9. The average Bonchev–Trinajstić information content (AvgIpc) is 2.65. The topological polar surface area (TPSA) is 78.4 Å². The number of carbonyl (C=O) groups excluding carboxylic acids is 2. The van der Waals surface area contributed by atoms with E-state index in [2.05, 4.69) is 9.97 Å². The first-order chi connectivity index (χ1) is 13.2. The van der Waals surface area contributed by atoms with Crippen molar-refractivity contribution in [3.8, 4) is 0 Å². The van der Waals surface area contributed by atoms with Crippen LogP contribution in [0.25, 0.3) is 5.57 Å². The van der Waals surface area contributed by atoms with Crippen LogP contribution < -0.4 is 0 Å². The van der Waals surface area contributed by atoms with Crippen molar-refractivity contribution in [2.75, 3.05) is 14.2 Å². The van der Waals surface area contributed by atoms with E-state index < -0.39 is 23.6 Å². The third kappa shape index (κ3) is 4.73. The molecule has 6 nitrogen and oxygen atoms in total. The molecule has 0 bridgehead atoms. The number of aryl methyl sites for hydroxylation is 1. The molecular weight excluding hydrogens is 377 g/mol. The molecule has 28 heavy (non-hydrogen) atoms. The second kappa shape index (κ2) is 8.64. The number of ether oxygens (including phenoxy) is 2. The van der Waals surface area contributed by atoms with Crippen molar-refractivity contribution >= 4 is 17.3 Å². The number of rotatable bonds is 6. The van der Waals surface area contributed by atoms with Gasteiger partial charge in [0.1, 0.15) is 11.3 Å². The highest BCUT2D eigenvalue weighted by molar-refractivity contribution is 6.16. The van der Waals surface area contributed by atoms with Gasteiger partial charge < -0.3 is 9.47 Å². The summed E-state index contributed by atoms with van der Waals surface area (Å²) in [6.45, 7) is 1.40. The highest BCUT2D eigenvalue weighted by Gasteiger charge is 2.34. The van der Waals surface area contributed by atoms with Gasteiger partial charge in [0.05, 0.1) is 32.4 Å². The van der Waals surface area contributed by atoms with Gasteiger partial charge in [-0.05, 0) is 18.1 Å². The van der Waals surface area contributed by atoms with Crippen LogP contribution in [0.1, 0.15) is 33.0 Å². The molecule has 0 N–H and O–H groups in total. The number of benzene rings is 1. The lowest BCUT2D eigenvalue weighted by Gasteiger charge is -2.12. The van der Waals surface area contributed by atoms with Gasteiger partial charge in [0.25, 0.3) is 0 Å². The van der Waals surface area contributed by atoms with E-state index >= 15 is 0 Å². The molecule has 2 aromatic rings. The number of alkyl halides is 3. The molecule has 0 fully saturated rings. The van der Waals surface area contributed by atoms with Gasteiger partial charge in [-0.2, -0.15) is 13.2 Å². The van der Waals surface area contributed by atoms with Crippen molar-refractivity contribution in [2.45, 2.75) is 19.5 Å². The highest BCUT2D eigenvalue weighted by atomic mass is 19.4. The van der Waals surface area contributed by atoms with Crippen molar-refractivity contribution < 1.29 is 32.2 Å². The maximum atomic E-state index is 12.9. The fourth-order valence-corrected chi connectivity index (χ4v) is 2.49. The van der Waals surface area contributed by atoms with E-state index in [1.54, 1.807) is 24.3 Å². The summed E-state index contributed by atoms with van der Waals surface area (Å²) in [5.74, 6) is -1.35. The SMILES string of the molecule is CO/C=C(/C(=O)OC)c1ccccc1CC(=O)c1nc(C(F)(F)F)cnc1C.